The van der Waals surface area contributed by atoms with E-state index in [-0.39, 0.29) is 5.91 Å². The fraction of sp³-hybridized carbons (Fsp3) is 0.250. The summed E-state index contributed by atoms with van der Waals surface area (Å²) in [6.07, 6.45) is 0. The zero-order chi connectivity index (χ0) is 13.8. The van der Waals surface area contributed by atoms with Gasteiger partial charge in [0.05, 0.1) is 0 Å². The summed E-state index contributed by atoms with van der Waals surface area (Å²) >= 11 is 4.67. The molecule has 0 atom stereocenters. The van der Waals surface area contributed by atoms with Crippen molar-refractivity contribution < 1.29 is 4.79 Å². The van der Waals surface area contributed by atoms with E-state index in [4.69, 9.17) is 0 Å². The van der Waals surface area contributed by atoms with E-state index < -0.39 is 0 Å². The van der Waals surface area contributed by atoms with Crippen molar-refractivity contribution in [3.8, 4) is 0 Å². The topological polar surface area (TPSA) is 66.9 Å². The van der Waals surface area contributed by atoms with Gasteiger partial charge in [0.25, 0.3) is 5.91 Å². The minimum absolute atomic E-state index is 0.252. The summed E-state index contributed by atoms with van der Waals surface area (Å²) in [5.41, 5.74) is 1.84. The average Bonchev–Trinajstić information content (AvgIpc) is 2.83. The largest absolute Gasteiger partial charge is 0.360 e. The zero-order valence-electron chi connectivity index (χ0n) is 10.5. The molecule has 0 spiro atoms. The van der Waals surface area contributed by atoms with Gasteiger partial charge in [0.2, 0.25) is 10.1 Å². The van der Waals surface area contributed by atoms with Gasteiger partial charge >= 0.3 is 0 Å². The third-order valence-electron chi connectivity index (χ3n) is 2.38. The molecule has 19 heavy (non-hydrogen) atoms. The van der Waals surface area contributed by atoms with Crippen LogP contribution in [-0.2, 0) is 0 Å². The molecule has 2 rings (SSSR count). The maximum atomic E-state index is 12.0. The Kier molecular flexibility index (Phi) is 4.49. The molecule has 0 aliphatic rings. The summed E-state index contributed by atoms with van der Waals surface area (Å²) in [6.45, 7) is 4.70. The summed E-state index contributed by atoms with van der Waals surface area (Å²) in [4.78, 5) is 12.0. The van der Waals surface area contributed by atoms with Gasteiger partial charge in [-0.15, -0.1) is 10.2 Å². The Balaban J connectivity index is 2.09. The normalized spacial score (nSPS) is 10.3. The van der Waals surface area contributed by atoms with Crippen molar-refractivity contribution in [2.45, 2.75) is 13.8 Å². The standard InChI is InChI=1S/C12H13BrN4OS/c1-3-14-12-17-16-11(19-12)10(18)15-8-5-4-7(2)9(13)6-8/h4-6H,3H2,1-2H3,(H,14,17)(H,15,18). The number of aromatic nitrogens is 2. The first-order valence-electron chi connectivity index (χ1n) is 5.75. The van der Waals surface area contributed by atoms with Crippen LogP contribution in [0.2, 0.25) is 0 Å². The van der Waals surface area contributed by atoms with Crippen LogP contribution in [0.15, 0.2) is 22.7 Å². The first-order valence-corrected chi connectivity index (χ1v) is 7.36. The number of hydrogen-bond acceptors (Lipinski definition) is 5. The van der Waals surface area contributed by atoms with Gasteiger partial charge < -0.3 is 10.6 Å². The highest BCUT2D eigenvalue weighted by atomic mass is 79.9. The van der Waals surface area contributed by atoms with Crippen molar-refractivity contribution in [1.82, 2.24) is 10.2 Å². The molecule has 2 N–H and O–H groups in total. The van der Waals surface area contributed by atoms with Gasteiger partial charge in [0.15, 0.2) is 0 Å². The predicted octanol–water partition coefficient (Wildman–Crippen LogP) is 3.29. The Morgan fingerprint density at radius 3 is 2.89 bits per heavy atom. The van der Waals surface area contributed by atoms with E-state index in [1.54, 1.807) is 0 Å². The van der Waals surface area contributed by atoms with Gasteiger partial charge in [0.1, 0.15) is 0 Å². The molecule has 7 heteroatoms. The Morgan fingerprint density at radius 1 is 1.42 bits per heavy atom. The molecule has 5 nitrogen and oxygen atoms in total. The molecule has 0 aliphatic carbocycles. The molecule has 0 fully saturated rings. The molecule has 1 aromatic heterocycles. The predicted molar refractivity (Wildman–Crippen MR) is 80.9 cm³/mol. The van der Waals surface area contributed by atoms with Crippen molar-refractivity contribution >= 4 is 44.0 Å². The van der Waals surface area contributed by atoms with E-state index in [1.807, 2.05) is 32.0 Å². The van der Waals surface area contributed by atoms with Gasteiger partial charge in [-0.2, -0.15) is 0 Å². The minimum Gasteiger partial charge on any atom is -0.360 e. The number of nitrogens with one attached hydrogen (secondary N) is 2. The quantitative estimate of drug-likeness (QED) is 0.896. The van der Waals surface area contributed by atoms with Crippen LogP contribution in [0.4, 0.5) is 10.8 Å². The van der Waals surface area contributed by atoms with Crippen LogP contribution in [0.3, 0.4) is 0 Å². The van der Waals surface area contributed by atoms with Crippen molar-refractivity contribution in [1.29, 1.82) is 0 Å². The van der Waals surface area contributed by atoms with E-state index in [2.05, 4.69) is 36.8 Å². The number of rotatable bonds is 4. The lowest BCUT2D eigenvalue weighted by Gasteiger charge is -2.04. The third kappa shape index (κ3) is 3.51. The Hall–Kier alpha value is -1.47. The molecule has 100 valence electrons. The van der Waals surface area contributed by atoms with Crippen molar-refractivity contribution in [3.05, 3.63) is 33.2 Å². The second-order valence-corrected chi connectivity index (χ2v) is 5.69. The average molecular weight is 341 g/mol. The SMILES string of the molecule is CCNc1nnc(C(=O)Nc2ccc(C)c(Br)c2)s1. The number of benzene rings is 1. The van der Waals surface area contributed by atoms with Gasteiger partial charge in [-0.05, 0) is 31.5 Å². The molecular formula is C12H13BrN4OS. The summed E-state index contributed by atoms with van der Waals surface area (Å²) in [7, 11) is 0. The van der Waals surface area contributed by atoms with Crippen LogP contribution in [0.5, 0.6) is 0 Å². The zero-order valence-corrected chi connectivity index (χ0v) is 12.9. The van der Waals surface area contributed by atoms with Crippen molar-refractivity contribution in [2.75, 3.05) is 17.2 Å². The summed E-state index contributed by atoms with van der Waals surface area (Å²) in [5, 5.41) is 14.5. The Bertz CT molecular complexity index is 599. The Morgan fingerprint density at radius 2 is 2.21 bits per heavy atom. The van der Waals surface area contributed by atoms with Gasteiger partial charge in [-0.25, -0.2) is 0 Å². The van der Waals surface area contributed by atoms with Gasteiger partial charge in [0, 0.05) is 16.7 Å². The van der Waals surface area contributed by atoms with Crippen LogP contribution in [0.25, 0.3) is 0 Å². The van der Waals surface area contributed by atoms with Gasteiger partial charge in [-0.3, -0.25) is 4.79 Å². The number of carbonyl (C=O) groups excluding carboxylic acids is 1. The molecule has 1 aromatic carbocycles. The number of anilines is 2. The molecule has 1 heterocycles. The highest BCUT2D eigenvalue weighted by molar-refractivity contribution is 9.10. The number of hydrogen-bond donors (Lipinski definition) is 2. The lowest BCUT2D eigenvalue weighted by Crippen LogP contribution is -2.11. The van der Waals surface area contributed by atoms with Crippen LogP contribution >= 0.6 is 27.3 Å². The van der Waals surface area contributed by atoms with Gasteiger partial charge in [-0.1, -0.05) is 33.3 Å². The second-order valence-electron chi connectivity index (χ2n) is 3.86. The molecule has 0 radical (unpaired) electrons. The fourth-order valence-corrected chi connectivity index (χ4v) is 2.48. The number of carbonyl (C=O) groups is 1. The maximum Gasteiger partial charge on any atom is 0.286 e. The fourth-order valence-electron chi connectivity index (χ4n) is 1.39. The highest BCUT2D eigenvalue weighted by Gasteiger charge is 2.13. The third-order valence-corrected chi connectivity index (χ3v) is 4.11. The molecule has 0 unspecified atom stereocenters. The van der Waals surface area contributed by atoms with E-state index in [0.29, 0.717) is 10.1 Å². The highest BCUT2D eigenvalue weighted by Crippen LogP contribution is 2.22. The molecule has 1 amide bonds. The maximum absolute atomic E-state index is 12.0. The number of halogens is 1. The smallest absolute Gasteiger partial charge is 0.286 e. The molecule has 0 saturated carbocycles. The number of amides is 1. The summed E-state index contributed by atoms with van der Waals surface area (Å²) in [5.74, 6) is -0.252. The monoisotopic (exact) mass is 340 g/mol. The minimum atomic E-state index is -0.252. The summed E-state index contributed by atoms with van der Waals surface area (Å²) < 4.78 is 0.955. The van der Waals surface area contributed by atoms with Crippen LogP contribution in [0.1, 0.15) is 22.3 Å². The van der Waals surface area contributed by atoms with Crippen molar-refractivity contribution in [2.24, 2.45) is 0 Å². The summed E-state index contributed by atoms with van der Waals surface area (Å²) in [6, 6.07) is 5.65. The van der Waals surface area contributed by atoms with Crippen LogP contribution in [-0.4, -0.2) is 22.6 Å². The van der Waals surface area contributed by atoms with Crippen LogP contribution in [0, 0.1) is 6.92 Å². The van der Waals surface area contributed by atoms with E-state index >= 15 is 0 Å². The molecule has 0 saturated heterocycles. The van der Waals surface area contributed by atoms with E-state index in [1.165, 1.54) is 11.3 Å². The van der Waals surface area contributed by atoms with Crippen molar-refractivity contribution in [3.63, 3.8) is 0 Å². The van der Waals surface area contributed by atoms with E-state index in [9.17, 15) is 4.79 Å². The number of aryl methyl sites for hydroxylation is 1. The van der Waals surface area contributed by atoms with Crippen LogP contribution < -0.4 is 10.6 Å². The number of nitrogens with zero attached hydrogens (tertiary/aromatic N) is 2. The molecular weight excluding hydrogens is 328 g/mol. The molecule has 0 aliphatic heterocycles. The lowest BCUT2D eigenvalue weighted by atomic mass is 10.2. The van der Waals surface area contributed by atoms with E-state index in [0.717, 1.165) is 22.3 Å². The molecule has 2 aromatic rings. The first-order chi connectivity index (χ1) is 9.10. The lowest BCUT2D eigenvalue weighted by molar-refractivity contribution is 0.102. The Labute approximate surface area is 123 Å². The first kappa shape index (κ1) is 14.0. The molecule has 0 bridgehead atoms. The second kappa shape index (κ2) is 6.12.